The van der Waals surface area contributed by atoms with Crippen LogP contribution in [0.1, 0.15) is 24.4 Å². The zero-order valence-electron chi connectivity index (χ0n) is 8.32. The largest absolute Gasteiger partial charge is 1.00 e. The Bertz CT molecular complexity index is 303. The molecule has 76 valence electrons. The second kappa shape index (κ2) is 3.56. The lowest BCUT2D eigenvalue weighted by Gasteiger charge is -2.11. The summed E-state index contributed by atoms with van der Waals surface area (Å²) < 4.78 is 1.41. The molecule has 1 nitrogen and oxygen atoms in total. The molecule has 0 N–H and O–H groups in total. The van der Waals surface area contributed by atoms with E-state index < -0.39 is 0 Å². The molecule has 1 spiro atoms. The van der Waals surface area contributed by atoms with Crippen LogP contribution in [0.3, 0.4) is 0 Å². The summed E-state index contributed by atoms with van der Waals surface area (Å²) in [6, 6.07) is 11.9. The molecule has 14 heavy (non-hydrogen) atoms. The van der Waals surface area contributed by atoms with E-state index in [9.17, 15) is 0 Å². The van der Waals surface area contributed by atoms with Gasteiger partial charge in [-0.1, -0.05) is 30.3 Å². The Kier molecular flexibility index (Phi) is 2.54. The number of nitrogens with zero attached hydrogens (tertiary/aromatic N) is 1. The molecule has 2 heterocycles. The molecular formula is C12H16ClN. The van der Waals surface area contributed by atoms with Gasteiger partial charge in [0.25, 0.3) is 0 Å². The van der Waals surface area contributed by atoms with Crippen molar-refractivity contribution in [1.29, 1.82) is 0 Å². The number of quaternary nitrogens is 1. The average molecular weight is 210 g/mol. The smallest absolute Gasteiger partial charge is 0.164 e. The van der Waals surface area contributed by atoms with Crippen molar-refractivity contribution in [2.75, 3.05) is 19.6 Å². The van der Waals surface area contributed by atoms with Gasteiger partial charge in [-0.3, -0.25) is 0 Å². The van der Waals surface area contributed by atoms with Crippen LogP contribution in [0.4, 0.5) is 0 Å². The third-order valence-electron chi connectivity index (χ3n) is 3.71. The van der Waals surface area contributed by atoms with Gasteiger partial charge in [0.1, 0.15) is 6.54 Å². The van der Waals surface area contributed by atoms with Gasteiger partial charge >= 0.3 is 0 Å². The maximum absolute atomic E-state index is 2.29. The average Bonchev–Trinajstić information content (AvgIpc) is 2.66. The van der Waals surface area contributed by atoms with E-state index in [1.807, 2.05) is 0 Å². The number of halogens is 1. The zero-order valence-corrected chi connectivity index (χ0v) is 9.08. The predicted molar refractivity (Wildman–Crippen MR) is 53.3 cm³/mol. The maximum atomic E-state index is 2.29. The molecule has 0 radical (unpaired) electrons. The number of rotatable bonds is 1. The Hall–Kier alpha value is -0.530. The van der Waals surface area contributed by atoms with Crippen LogP contribution in [0.2, 0.25) is 0 Å². The molecule has 0 bridgehead atoms. The van der Waals surface area contributed by atoms with Gasteiger partial charge in [-0.15, -0.1) is 0 Å². The summed E-state index contributed by atoms with van der Waals surface area (Å²) in [5, 5.41) is 0. The first kappa shape index (κ1) is 10.0. The molecule has 0 aromatic heterocycles. The minimum atomic E-state index is 0. The van der Waals surface area contributed by atoms with Crippen molar-refractivity contribution >= 4 is 0 Å². The van der Waals surface area contributed by atoms with Crippen molar-refractivity contribution in [2.24, 2.45) is 0 Å². The second-order valence-corrected chi connectivity index (χ2v) is 4.48. The fourth-order valence-corrected chi connectivity index (χ4v) is 2.85. The van der Waals surface area contributed by atoms with E-state index in [1.54, 1.807) is 5.56 Å². The Labute approximate surface area is 91.7 Å². The molecule has 2 heteroatoms. The molecule has 1 aromatic carbocycles. The number of benzene rings is 1. The van der Waals surface area contributed by atoms with Crippen LogP contribution in [-0.2, 0) is 0 Å². The lowest BCUT2D eigenvalue weighted by atomic mass is 10.1. The summed E-state index contributed by atoms with van der Waals surface area (Å²) in [5.41, 5.74) is 1.56. The van der Waals surface area contributed by atoms with Gasteiger partial charge in [0, 0.05) is 18.4 Å². The van der Waals surface area contributed by atoms with Crippen molar-refractivity contribution < 1.29 is 16.9 Å². The van der Waals surface area contributed by atoms with Crippen LogP contribution in [-0.4, -0.2) is 24.1 Å². The van der Waals surface area contributed by atoms with Crippen LogP contribution in [0.25, 0.3) is 0 Å². The van der Waals surface area contributed by atoms with E-state index in [2.05, 4.69) is 30.3 Å². The van der Waals surface area contributed by atoms with Crippen LogP contribution < -0.4 is 12.4 Å². The molecule has 2 saturated heterocycles. The normalized spacial score (nSPS) is 27.3. The molecule has 0 aliphatic carbocycles. The van der Waals surface area contributed by atoms with Crippen molar-refractivity contribution in [3.8, 4) is 0 Å². The van der Waals surface area contributed by atoms with Gasteiger partial charge in [-0.2, -0.15) is 0 Å². The van der Waals surface area contributed by atoms with Crippen LogP contribution in [0, 0.1) is 0 Å². The third kappa shape index (κ3) is 1.45. The summed E-state index contributed by atoms with van der Waals surface area (Å²) in [6.45, 7) is 4.27. The summed E-state index contributed by atoms with van der Waals surface area (Å²) >= 11 is 0. The molecule has 0 unspecified atom stereocenters. The molecule has 2 fully saturated rings. The van der Waals surface area contributed by atoms with E-state index in [0.717, 1.165) is 6.04 Å². The fourth-order valence-electron chi connectivity index (χ4n) is 2.85. The SMILES string of the molecule is [Cl-].c1ccc([C@H]2C[N+]23CCCC3)cc1. The van der Waals surface area contributed by atoms with Crippen molar-refractivity contribution in [1.82, 2.24) is 0 Å². The molecule has 3 rings (SSSR count). The van der Waals surface area contributed by atoms with Gasteiger partial charge in [-0.05, 0) is 0 Å². The standard InChI is InChI=1S/C12H16N.ClH/c1-2-6-11(7-3-1)12-10-13(12)8-4-5-9-13;/h1-3,6-7,12H,4-5,8-10H2;1H/q+1;/p-1/t12-;/m1./s1. The summed E-state index contributed by atoms with van der Waals surface area (Å²) in [4.78, 5) is 0. The zero-order chi connectivity index (χ0) is 8.73. The Morgan fingerprint density at radius 2 is 1.64 bits per heavy atom. The number of hydrogen-bond acceptors (Lipinski definition) is 0. The predicted octanol–water partition coefficient (Wildman–Crippen LogP) is -0.644. The fraction of sp³-hybridized carbons (Fsp3) is 0.500. The highest BCUT2D eigenvalue weighted by Crippen LogP contribution is 2.47. The molecule has 0 amide bonds. The van der Waals surface area contributed by atoms with Crippen LogP contribution >= 0.6 is 0 Å². The van der Waals surface area contributed by atoms with Gasteiger partial charge in [0.05, 0.1) is 13.1 Å². The monoisotopic (exact) mass is 209 g/mol. The van der Waals surface area contributed by atoms with Gasteiger partial charge in [0.2, 0.25) is 0 Å². The topological polar surface area (TPSA) is 0 Å². The summed E-state index contributed by atoms with van der Waals surface area (Å²) in [7, 11) is 0. The highest BCUT2D eigenvalue weighted by molar-refractivity contribution is 5.20. The first-order chi connectivity index (χ1) is 6.41. The van der Waals surface area contributed by atoms with Gasteiger partial charge < -0.3 is 16.9 Å². The van der Waals surface area contributed by atoms with E-state index in [1.165, 1.54) is 37.0 Å². The molecule has 2 aliphatic heterocycles. The minimum absolute atomic E-state index is 0. The first-order valence-electron chi connectivity index (χ1n) is 5.31. The van der Waals surface area contributed by atoms with Gasteiger partial charge in [-0.25, -0.2) is 0 Å². The minimum Gasteiger partial charge on any atom is -1.00 e. The highest BCUT2D eigenvalue weighted by atomic mass is 35.5. The molecular weight excluding hydrogens is 194 g/mol. The Morgan fingerprint density at radius 1 is 1.00 bits per heavy atom. The van der Waals surface area contributed by atoms with E-state index in [4.69, 9.17) is 0 Å². The van der Waals surface area contributed by atoms with E-state index in [0.29, 0.717) is 0 Å². The Balaban J connectivity index is 0.000000750. The van der Waals surface area contributed by atoms with E-state index in [-0.39, 0.29) is 12.4 Å². The quantitative estimate of drug-likeness (QED) is 0.426. The van der Waals surface area contributed by atoms with Crippen molar-refractivity contribution in [2.45, 2.75) is 18.9 Å². The Morgan fingerprint density at radius 3 is 2.29 bits per heavy atom. The second-order valence-electron chi connectivity index (χ2n) is 4.48. The van der Waals surface area contributed by atoms with Crippen LogP contribution in [0.5, 0.6) is 0 Å². The lowest BCUT2D eigenvalue weighted by Crippen LogP contribution is -3.00. The van der Waals surface area contributed by atoms with Crippen molar-refractivity contribution in [3.63, 3.8) is 0 Å². The maximum Gasteiger partial charge on any atom is 0.164 e. The lowest BCUT2D eigenvalue weighted by molar-refractivity contribution is -0.803. The van der Waals surface area contributed by atoms with Crippen LogP contribution in [0.15, 0.2) is 30.3 Å². The highest BCUT2D eigenvalue weighted by Gasteiger charge is 2.56. The summed E-state index contributed by atoms with van der Waals surface area (Å²) in [6.07, 6.45) is 2.90. The molecule has 1 aromatic rings. The van der Waals surface area contributed by atoms with Gasteiger partial charge in [0.15, 0.2) is 6.04 Å². The van der Waals surface area contributed by atoms with Crippen molar-refractivity contribution in [3.05, 3.63) is 35.9 Å². The summed E-state index contributed by atoms with van der Waals surface area (Å²) in [5.74, 6) is 0. The molecule has 0 saturated carbocycles. The third-order valence-corrected chi connectivity index (χ3v) is 3.71. The molecule has 1 atom stereocenters. The number of hydrogen-bond donors (Lipinski definition) is 0. The van der Waals surface area contributed by atoms with E-state index >= 15 is 0 Å². The molecule has 2 aliphatic rings. The first-order valence-corrected chi connectivity index (χ1v) is 5.31.